The van der Waals surface area contributed by atoms with Gasteiger partial charge in [0.05, 0.1) is 19.2 Å². The van der Waals surface area contributed by atoms with Crippen LogP contribution in [0.2, 0.25) is 0 Å². The lowest BCUT2D eigenvalue weighted by Gasteiger charge is -2.10. The molecule has 2 aromatic rings. The van der Waals surface area contributed by atoms with E-state index in [9.17, 15) is 14.4 Å². The second-order valence-electron chi connectivity index (χ2n) is 4.77. The van der Waals surface area contributed by atoms with Gasteiger partial charge in [-0.3, -0.25) is 14.4 Å². The average Bonchev–Trinajstić information content (AvgIpc) is 2.47. The summed E-state index contributed by atoms with van der Waals surface area (Å²) < 4.78 is 7.46. The van der Waals surface area contributed by atoms with E-state index in [1.807, 2.05) is 6.92 Å². The normalized spacial score (nSPS) is 10.4. The van der Waals surface area contributed by atoms with E-state index in [2.05, 4.69) is 0 Å². The summed E-state index contributed by atoms with van der Waals surface area (Å²) >= 11 is 0. The molecule has 1 aromatic carbocycles. The Balaban J connectivity index is 2.37. The van der Waals surface area contributed by atoms with Gasteiger partial charge in [0.1, 0.15) is 5.75 Å². The smallest absolute Gasteiger partial charge is 0.316 e. The van der Waals surface area contributed by atoms with Crippen LogP contribution in [0.4, 0.5) is 0 Å². The van der Waals surface area contributed by atoms with Crippen LogP contribution in [0.5, 0.6) is 5.75 Å². The fourth-order valence-corrected chi connectivity index (χ4v) is 1.98. The Morgan fingerprint density at radius 3 is 2.57 bits per heavy atom. The zero-order chi connectivity index (χ0) is 15.6. The molecule has 0 unspecified atom stereocenters. The minimum absolute atomic E-state index is 0.200. The van der Waals surface area contributed by atoms with Gasteiger partial charge in [-0.1, -0.05) is 6.07 Å². The third kappa shape index (κ3) is 2.94. The molecule has 21 heavy (non-hydrogen) atoms. The van der Waals surface area contributed by atoms with Crippen LogP contribution in [0.3, 0.4) is 0 Å². The predicted octanol–water partition coefficient (Wildman–Crippen LogP) is 0.747. The van der Waals surface area contributed by atoms with E-state index >= 15 is 0 Å². The van der Waals surface area contributed by atoms with E-state index in [1.54, 1.807) is 18.2 Å². The Kier molecular flexibility index (Phi) is 4.07. The number of methoxy groups -OCH3 is 1. The number of aryl methyl sites for hydroxylation is 2. The third-order valence-corrected chi connectivity index (χ3v) is 3.21. The molecule has 0 spiro atoms. The van der Waals surface area contributed by atoms with Gasteiger partial charge in [-0.05, 0) is 24.6 Å². The highest BCUT2D eigenvalue weighted by Gasteiger charge is 2.14. The zero-order valence-corrected chi connectivity index (χ0v) is 12.1. The minimum atomic E-state index is -0.723. The maximum absolute atomic E-state index is 12.3. The summed E-state index contributed by atoms with van der Waals surface area (Å²) in [4.78, 5) is 35.7. The van der Waals surface area contributed by atoms with Crippen LogP contribution in [-0.4, -0.2) is 22.0 Å². The van der Waals surface area contributed by atoms with E-state index in [1.165, 1.54) is 31.1 Å². The number of aromatic nitrogens is 2. The monoisotopic (exact) mass is 288 g/mol. The van der Waals surface area contributed by atoms with Crippen LogP contribution in [-0.2, 0) is 13.6 Å². The molecule has 1 aromatic heterocycles. The van der Waals surface area contributed by atoms with E-state index in [4.69, 9.17) is 4.74 Å². The fraction of sp³-hybridized carbons (Fsp3) is 0.267. The summed E-state index contributed by atoms with van der Waals surface area (Å²) in [6.07, 6.45) is 2.87. The van der Waals surface area contributed by atoms with Crippen molar-refractivity contribution in [1.29, 1.82) is 0 Å². The maximum atomic E-state index is 12.3. The van der Waals surface area contributed by atoms with Crippen molar-refractivity contribution in [2.24, 2.45) is 7.05 Å². The summed E-state index contributed by atoms with van der Waals surface area (Å²) in [5.41, 5.74) is -0.0366. The number of hydrogen-bond donors (Lipinski definition) is 0. The largest absolute Gasteiger partial charge is 0.496 e. The molecule has 0 bridgehead atoms. The number of hydrogen-bond acceptors (Lipinski definition) is 4. The number of benzene rings is 1. The first-order chi connectivity index (χ1) is 9.93. The average molecular weight is 288 g/mol. The molecule has 0 aliphatic rings. The molecule has 0 fully saturated rings. The van der Waals surface area contributed by atoms with Crippen molar-refractivity contribution < 1.29 is 9.53 Å². The highest BCUT2D eigenvalue weighted by molar-refractivity contribution is 5.98. The number of carbonyl (C=O) groups excluding carboxylic acids is 1. The summed E-state index contributed by atoms with van der Waals surface area (Å²) in [7, 11) is 2.97. The molecule has 0 amide bonds. The summed E-state index contributed by atoms with van der Waals surface area (Å²) in [6, 6.07) is 5.20. The van der Waals surface area contributed by atoms with Gasteiger partial charge in [0.2, 0.25) is 0 Å². The van der Waals surface area contributed by atoms with Crippen molar-refractivity contribution in [1.82, 2.24) is 9.13 Å². The van der Waals surface area contributed by atoms with Gasteiger partial charge >= 0.3 is 11.1 Å². The van der Waals surface area contributed by atoms with Gasteiger partial charge < -0.3 is 13.9 Å². The molecule has 6 heteroatoms. The minimum Gasteiger partial charge on any atom is -0.496 e. The number of ketones is 1. The van der Waals surface area contributed by atoms with Gasteiger partial charge in [-0.15, -0.1) is 0 Å². The molecule has 0 saturated carbocycles. The topological polar surface area (TPSA) is 70.3 Å². The van der Waals surface area contributed by atoms with Crippen LogP contribution >= 0.6 is 0 Å². The lowest BCUT2D eigenvalue weighted by molar-refractivity contribution is 0.0967. The van der Waals surface area contributed by atoms with Gasteiger partial charge in [-0.25, -0.2) is 0 Å². The number of Topliss-reactive ketones (excluding diaryl/α,β-unsaturated/α-hetero) is 1. The molecular weight excluding hydrogens is 272 g/mol. The van der Waals surface area contributed by atoms with E-state index in [0.29, 0.717) is 11.3 Å². The summed E-state index contributed by atoms with van der Waals surface area (Å²) in [5.74, 6) is 0.166. The molecule has 0 aliphatic heterocycles. The highest BCUT2D eigenvalue weighted by Crippen LogP contribution is 2.20. The molecule has 0 N–H and O–H groups in total. The quantitative estimate of drug-likeness (QED) is 0.615. The SMILES string of the molecule is COc1cc(C)ccc1C(=O)Cn1ccn(C)c(=O)c1=O. The van der Waals surface area contributed by atoms with Gasteiger partial charge in [0.25, 0.3) is 0 Å². The van der Waals surface area contributed by atoms with Crippen molar-refractivity contribution >= 4 is 5.78 Å². The number of carbonyl (C=O) groups is 1. The molecule has 0 saturated heterocycles. The Hall–Kier alpha value is -2.63. The summed E-state index contributed by atoms with van der Waals surface area (Å²) in [6.45, 7) is 1.69. The fourth-order valence-electron chi connectivity index (χ4n) is 1.98. The first-order valence-corrected chi connectivity index (χ1v) is 6.38. The predicted molar refractivity (Wildman–Crippen MR) is 78.0 cm³/mol. The van der Waals surface area contributed by atoms with Gasteiger partial charge in [0, 0.05) is 19.4 Å². The van der Waals surface area contributed by atoms with Crippen LogP contribution < -0.4 is 15.9 Å². The molecule has 0 aliphatic carbocycles. The Bertz CT molecular complexity index is 802. The van der Waals surface area contributed by atoms with Crippen LogP contribution in [0, 0.1) is 6.92 Å². The number of rotatable bonds is 4. The van der Waals surface area contributed by atoms with Crippen LogP contribution in [0.15, 0.2) is 40.2 Å². The molecule has 110 valence electrons. The first kappa shape index (κ1) is 14.8. The standard InChI is InChI=1S/C15H16N2O4/c1-10-4-5-11(13(8-10)21-3)12(18)9-17-7-6-16(2)14(19)15(17)20/h4-8H,9H2,1-3H3. The number of nitrogens with zero attached hydrogens (tertiary/aromatic N) is 2. The van der Waals surface area contributed by atoms with E-state index in [0.717, 1.165) is 10.1 Å². The second kappa shape index (κ2) is 5.78. The molecule has 0 atom stereocenters. The lowest BCUT2D eigenvalue weighted by Crippen LogP contribution is -2.40. The molecule has 1 heterocycles. The molecule has 6 nitrogen and oxygen atoms in total. The first-order valence-electron chi connectivity index (χ1n) is 6.38. The zero-order valence-electron chi connectivity index (χ0n) is 12.1. The van der Waals surface area contributed by atoms with E-state index in [-0.39, 0.29) is 12.3 Å². The van der Waals surface area contributed by atoms with Crippen LogP contribution in [0.25, 0.3) is 0 Å². The maximum Gasteiger partial charge on any atom is 0.316 e. The Morgan fingerprint density at radius 2 is 1.90 bits per heavy atom. The number of ether oxygens (including phenoxy) is 1. The van der Waals surface area contributed by atoms with Crippen molar-refractivity contribution in [2.75, 3.05) is 7.11 Å². The van der Waals surface area contributed by atoms with Crippen LogP contribution in [0.1, 0.15) is 15.9 Å². The molecular formula is C15H16N2O4. The molecule has 0 radical (unpaired) electrons. The Labute approximate surface area is 121 Å². The van der Waals surface area contributed by atoms with E-state index < -0.39 is 11.1 Å². The van der Waals surface area contributed by atoms with Crippen molar-refractivity contribution in [3.8, 4) is 5.75 Å². The second-order valence-corrected chi connectivity index (χ2v) is 4.77. The molecule has 2 rings (SSSR count). The van der Waals surface area contributed by atoms with Gasteiger partial charge in [0.15, 0.2) is 5.78 Å². The third-order valence-electron chi connectivity index (χ3n) is 3.21. The highest BCUT2D eigenvalue weighted by atomic mass is 16.5. The lowest BCUT2D eigenvalue weighted by atomic mass is 10.1. The van der Waals surface area contributed by atoms with Gasteiger partial charge in [-0.2, -0.15) is 0 Å². The van der Waals surface area contributed by atoms with Crippen molar-refractivity contribution in [2.45, 2.75) is 13.5 Å². The van der Waals surface area contributed by atoms with Crippen molar-refractivity contribution in [3.05, 3.63) is 62.4 Å². The summed E-state index contributed by atoms with van der Waals surface area (Å²) in [5, 5.41) is 0. The Morgan fingerprint density at radius 1 is 1.19 bits per heavy atom. The van der Waals surface area contributed by atoms with Crippen molar-refractivity contribution in [3.63, 3.8) is 0 Å².